The van der Waals surface area contributed by atoms with Gasteiger partial charge in [-0.05, 0) is 42.7 Å². The van der Waals surface area contributed by atoms with Crippen LogP contribution in [0.3, 0.4) is 0 Å². The Bertz CT molecular complexity index is 845. The molecule has 0 fully saturated rings. The summed E-state index contributed by atoms with van der Waals surface area (Å²) in [6.45, 7) is 1.19. The Morgan fingerprint density at radius 3 is 2.88 bits per heavy atom. The number of nitrogens with zero attached hydrogens (tertiary/aromatic N) is 1. The van der Waals surface area contributed by atoms with Gasteiger partial charge in [-0.1, -0.05) is 18.2 Å². The first-order valence-electron chi connectivity index (χ1n) is 8.43. The zero-order valence-electron chi connectivity index (χ0n) is 14.0. The zero-order chi connectivity index (χ0) is 17.4. The molecule has 5 heteroatoms. The Hall–Kier alpha value is -2.82. The molecule has 5 nitrogen and oxygen atoms in total. The second kappa shape index (κ2) is 6.24. The predicted molar refractivity (Wildman–Crippen MR) is 93.1 cm³/mol. The van der Waals surface area contributed by atoms with Crippen LogP contribution in [0, 0.1) is 0 Å². The molecule has 2 heterocycles. The van der Waals surface area contributed by atoms with Crippen molar-refractivity contribution in [1.82, 2.24) is 0 Å². The molecule has 0 N–H and O–H groups in total. The van der Waals surface area contributed by atoms with E-state index in [-0.39, 0.29) is 17.8 Å². The summed E-state index contributed by atoms with van der Waals surface area (Å²) in [6, 6.07) is 13.1. The van der Waals surface area contributed by atoms with E-state index in [4.69, 9.17) is 9.47 Å². The van der Waals surface area contributed by atoms with Gasteiger partial charge < -0.3 is 14.4 Å². The molecule has 0 radical (unpaired) electrons. The van der Waals surface area contributed by atoms with Crippen LogP contribution in [0.15, 0.2) is 42.5 Å². The van der Waals surface area contributed by atoms with Gasteiger partial charge >= 0.3 is 5.97 Å². The summed E-state index contributed by atoms with van der Waals surface area (Å²) in [5.41, 5.74) is 3.38. The molecule has 0 saturated carbocycles. The molecule has 0 spiro atoms. The van der Waals surface area contributed by atoms with Gasteiger partial charge in [0.1, 0.15) is 5.75 Å². The molecule has 0 unspecified atom stereocenters. The number of fused-ring (bicyclic) bond motifs is 2. The maximum atomic E-state index is 13.2. The Morgan fingerprint density at radius 2 is 2.04 bits per heavy atom. The molecule has 4 rings (SSSR count). The lowest BCUT2D eigenvalue weighted by Crippen LogP contribution is -2.35. The summed E-state index contributed by atoms with van der Waals surface area (Å²) in [6.07, 6.45) is 1.43. The van der Waals surface area contributed by atoms with Gasteiger partial charge in [0.25, 0.3) is 0 Å². The smallest absolute Gasteiger partial charge is 0.337 e. The first-order chi connectivity index (χ1) is 12.2. The van der Waals surface area contributed by atoms with Gasteiger partial charge in [-0.2, -0.15) is 0 Å². The number of carbonyl (C=O) groups is 2. The van der Waals surface area contributed by atoms with Crippen LogP contribution in [0.1, 0.15) is 33.8 Å². The summed E-state index contributed by atoms with van der Waals surface area (Å²) >= 11 is 0. The van der Waals surface area contributed by atoms with E-state index >= 15 is 0 Å². The van der Waals surface area contributed by atoms with Gasteiger partial charge in [-0.3, -0.25) is 4.79 Å². The molecule has 2 aromatic carbocycles. The van der Waals surface area contributed by atoms with Crippen molar-refractivity contribution in [3.05, 3.63) is 59.2 Å². The molecule has 128 valence electrons. The van der Waals surface area contributed by atoms with Crippen LogP contribution >= 0.6 is 0 Å². The van der Waals surface area contributed by atoms with Crippen molar-refractivity contribution in [1.29, 1.82) is 0 Å². The minimum atomic E-state index is -0.356. The Labute approximate surface area is 146 Å². The fourth-order valence-electron chi connectivity index (χ4n) is 3.66. The van der Waals surface area contributed by atoms with Crippen LogP contribution in [-0.2, 0) is 16.0 Å². The third-order valence-electron chi connectivity index (χ3n) is 4.92. The maximum Gasteiger partial charge on any atom is 0.337 e. The number of hydrogen-bond donors (Lipinski definition) is 0. The lowest BCUT2D eigenvalue weighted by atomic mass is 9.92. The number of methoxy groups -OCH3 is 1. The third-order valence-corrected chi connectivity index (χ3v) is 4.92. The lowest BCUT2D eigenvalue weighted by Gasteiger charge is -2.29. The molecule has 1 amide bonds. The van der Waals surface area contributed by atoms with Gasteiger partial charge in [0.15, 0.2) is 0 Å². The SMILES string of the molecule is COC(=O)c1ccc2c(c1)CCN2C(=O)[C@@H]1CCOc2ccccc21. The maximum absolute atomic E-state index is 13.2. The molecule has 0 bridgehead atoms. The van der Waals surface area contributed by atoms with Crippen LogP contribution in [0.4, 0.5) is 5.69 Å². The predicted octanol–water partition coefficient (Wildman–Crippen LogP) is 2.93. The molecule has 0 aliphatic carbocycles. The van der Waals surface area contributed by atoms with Gasteiger partial charge in [0.05, 0.1) is 25.2 Å². The van der Waals surface area contributed by atoms with Crippen molar-refractivity contribution in [2.24, 2.45) is 0 Å². The molecular formula is C20H19NO4. The number of para-hydroxylation sites is 1. The molecular weight excluding hydrogens is 318 g/mol. The van der Waals surface area contributed by atoms with Gasteiger partial charge in [-0.15, -0.1) is 0 Å². The van der Waals surface area contributed by atoms with Crippen LogP contribution in [0.2, 0.25) is 0 Å². The first kappa shape index (κ1) is 15.7. The van der Waals surface area contributed by atoms with Gasteiger partial charge in [0.2, 0.25) is 5.91 Å². The van der Waals surface area contributed by atoms with E-state index < -0.39 is 0 Å². The largest absolute Gasteiger partial charge is 0.493 e. The fourth-order valence-corrected chi connectivity index (χ4v) is 3.66. The summed E-state index contributed by atoms with van der Waals surface area (Å²) in [4.78, 5) is 26.7. The van der Waals surface area contributed by atoms with E-state index in [1.165, 1.54) is 7.11 Å². The van der Waals surface area contributed by atoms with Crippen molar-refractivity contribution in [3.8, 4) is 5.75 Å². The molecule has 2 aromatic rings. The summed E-state index contributed by atoms with van der Waals surface area (Å²) in [5.74, 6) is 0.356. The lowest BCUT2D eigenvalue weighted by molar-refractivity contribution is -0.120. The topological polar surface area (TPSA) is 55.8 Å². The van der Waals surface area contributed by atoms with Crippen molar-refractivity contribution in [2.45, 2.75) is 18.8 Å². The van der Waals surface area contributed by atoms with Crippen molar-refractivity contribution < 1.29 is 19.1 Å². The number of amides is 1. The molecule has 25 heavy (non-hydrogen) atoms. The van der Waals surface area contributed by atoms with Gasteiger partial charge in [0, 0.05) is 17.8 Å². The van der Waals surface area contributed by atoms with Crippen molar-refractivity contribution in [3.63, 3.8) is 0 Å². The third kappa shape index (κ3) is 2.65. The quantitative estimate of drug-likeness (QED) is 0.791. The number of carbonyl (C=O) groups excluding carboxylic acids is 2. The number of esters is 1. The van der Waals surface area contributed by atoms with Crippen LogP contribution < -0.4 is 9.64 Å². The normalized spacial score (nSPS) is 18.1. The van der Waals surface area contributed by atoms with Crippen molar-refractivity contribution >= 4 is 17.6 Å². The highest BCUT2D eigenvalue weighted by molar-refractivity contribution is 6.01. The Balaban J connectivity index is 1.63. The Morgan fingerprint density at radius 1 is 1.20 bits per heavy atom. The van der Waals surface area contributed by atoms with E-state index in [0.717, 1.165) is 29.0 Å². The monoisotopic (exact) mass is 337 g/mol. The van der Waals surface area contributed by atoms with Crippen molar-refractivity contribution in [2.75, 3.05) is 25.2 Å². The summed E-state index contributed by atoms with van der Waals surface area (Å²) in [5, 5.41) is 0. The second-order valence-corrected chi connectivity index (χ2v) is 6.30. The van der Waals surface area contributed by atoms with E-state index in [0.29, 0.717) is 25.1 Å². The molecule has 0 aromatic heterocycles. The van der Waals surface area contributed by atoms with Gasteiger partial charge in [-0.25, -0.2) is 4.79 Å². The molecule has 1 atom stereocenters. The van der Waals surface area contributed by atoms with Crippen LogP contribution in [0.5, 0.6) is 5.75 Å². The zero-order valence-corrected chi connectivity index (χ0v) is 14.0. The van der Waals surface area contributed by atoms with E-state index in [9.17, 15) is 9.59 Å². The van der Waals surface area contributed by atoms with E-state index in [1.807, 2.05) is 41.3 Å². The minimum absolute atomic E-state index is 0.0975. The fraction of sp³-hybridized carbons (Fsp3) is 0.300. The standard InChI is InChI=1S/C20H19NO4/c1-24-20(23)14-6-7-17-13(12-14)8-10-21(17)19(22)16-9-11-25-18-5-3-2-4-15(16)18/h2-7,12,16H,8-11H2,1H3/t16-/m1/s1. The average Bonchev–Trinajstić information content (AvgIpc) is 3.09. The number of hydrogen-bond acceptors (Lipinski definition) is 4. The van der Waals surface area contributed by atoms with E-state index in [1.54, 1.807) is 6.07 Å². The number of anilines is 1. The number of rotatable bonds is 2. The number of ether oxygens (including phenoxy) is 2. The minimum Gasteiger partial charge on any atom is -0.493 e. The molecule has 2 aliphatic heterocycles. The van der Waals surface area contributed by atoms with Crippen LogP contribution in [0.25, 0.3) is 0 Å². The van der Waals surface area contributed by atoms with E-state index in [2.05, 4.69) is 0 Å². The summed E-state index contributed by atoms with van der Waals surface area (Å²) in [7, 11) is 1.37. The second-order valence-electron chi connectivity index (χ2n) is 6.30. The number of benzene rings is 2. The summed E-state index contributed by atoms with van der Waals surface area (Å²) < 4.78 is 10.4. The average molecular weight is 337 g/mol. The molecule has 2 aliphatic rings. The highest BCUT2D eigenvalue weighted by atomic mass is 16.5. The molecule has 0 saturated heterocycles. The first-order valence-corrected chi connectivity index (χ1v) is 8.43. The highest BCUT2D eigenvalue weighted by Crippen LogP contribution is 2.38. The van der Waals surface area contributed by atoms with Crippen LogP contribution in [-0.4, -0.2) is 32.1 Å². The highest BCUT2D eigenvalue weighted by Gasteiger charge is 2.34. The Kier molecular flexibility index (Phi) is 3.92.